The number of esters is 2. The molecule has 16 heteroatoms. The monoisotopic (exact) mass is 811 g/mol. The number of ether oxygens (including phenoxy) is 5. The van der Waals surface area contributed by atoms with Crippen molar-refractivity contribution in [1.82, 2.24) is 10.3 Å². The summed E-state index contributed by atoms with van der Waals surface area (Å²) in [6, 6.07) is 12.5. The van der Waals surface area contributed by atoms with Gasteiger partial charge in [0.1, 0.15) is 23.8 Å². The lowest BCUT2D eigenvalue weighted by molar-refractivity contribution is -0.194. The van der Waals surface area contributed by atoms with Crippen LogP contribution >= 0.6 is 11.6 Å². The van der Waals surface area contributed by atoms with E-state index in [-0.39, 0.29) is 100 Å². The molecule has 0 saturated heterocycles. The highest BCUT2D eigenvalue weighted by Crippen LogP contribution is 2.46. The number of methoxy groups -OCH3 is 2. The third-order valence-electron chi connectivity index (χ3n) is 9.96. The number of halogens is 1. The van der Waals surface area contributed by atoms with Gasteiger partial charge >= 0.3 is 11.9 Å². The summed E-state index contributed by atoms with van der Waals surface area (Å²) in [6.45, 7) is 1.28. The number of H-pyrrole nitrogens is 1. The van der Waals surface area contributed by atoms with Gasteiger partial charge in [-0.3, -0.25) is 19.2 Å². The summed E-state index contributed by atoms with van der Waals surface area (Å²) in [4.78, 5) is 56.6. The first-order valence-corrected chi connectivity index (χ1v) is 19.4. The van der Waals surface area contributed by atoms with Crippen LogP contribution in [-0.4, -0.2) is 103 Å². The van der Waals surface area contributed by atoms with Crippen molar-refractivity contribution in [3.8, 4) is 11.5 Å². The van der Waals surface area contributed by atoms with Crippen molar-refractivity contribution < 1.29 is 58.2 Å². The first-order chi connectivity index (χ1) is 27.6. The normalized spacial score (nSPS) is 14.7. The van der Waals surface area contributed by atoms with Gasteiger partial charge in [-0.25, -0.2) is 0 Å². The molecule has 1 aliphatic heterocycles. The summed E-state index contributed by atoms with van der Waals surface area (Å²) in [5, 5.41) is 34.3. The molecule has 2 amide bonds. The van der Waals surface area contributed by atoms with E-state index in [2.05, 4.69) is 10.3 Å². The van der Waals surface area contributed by atoms with E-state index in [1.54, 1.807) is 23.1 Å². The van der Waals surface area contributed by atoms with E-state index in [1.165, 1.54) is 14.2 Å². The Labute approximate surface area is 335 Å². The van der Waals surface area contributed by atoms with Gasteiger partial charge in [0.25, 0.3) is 5.91 Å². The number of rotatable bonds is 21. The van der Waals surface area contributed by atoms with Crippen molar-refractivity contribution in [2.24, 2.45) is 0 Å². The van der Waals surface area contributed by atoms with Crippen LogP contribution in [0.1, 0.15) is 78.5 Å². The SMILES string of the molecule is CCC(CO)OC(COC(=O)CCCC(=O)NCCCC(=O)Oc1cc2c(c3ccccc13)[C@H](CCl)CN2C(=O)c1cc2cc(OC)c(CO)c(CO)c2[nH]1)OC. The first kappa shape index (κ1) is 43.4. The number of hydrogen-bond acceptors (Lipinski definition) is 12. The molecule has 3 aromatic carbocycles. The molecule has 0 radical (unpaired) electrons. The van der Waals surface area contributed by atoms with Crippen LogP contribution in [0.25, 0.3) is 21.7 Å². The Morgan fingerprint density at radius 3 is 2.35 bits per heavy atom. The van der Waals surface area contributed by atoms with Crippen LogP contribution in [0.2, 0.25) is 0 Å². The third kappa shape index (κ3) is 10.2. The third-order valence-corrected chi connectivity index (χ3v) is 10.3. The molecule has 1 aromatic heterocycles. The molecular formula is C41H50ClN3O12. The maximum atomic E-state index is 14.2. The number of carbonyl (C=O) groups is 4. The van der Waals surface area contributed by atoms with Gasteiger partial charge in [-0.2, -0.15) is 0 Å². The van der Waals surface area contributed by atoms with E-state index in [0.29, 0.717) is 51.7 Å². The number of nitrogens with zero attached hydrogens (tertiary/aromatic N) is 1. The maximum Gasteiger partial charge on any atom is 0.311 e. The maximum absolute atomic E-state index is 14.2. The molecule has 308 valence electrons. The number of amides is 2. The van der Waals surface area contributed by atoms with Gasteiger partial charge < -0.3 is 54.2 Å². The lowest BCUT2D eigenvalue weighted by Crippen LogP contribution is -2.30. The second kappa shape index (κ2) is 20.6. The molecule has 15 nitrogen and oxygen atoms in total. The molecule has 0 spiro atoms. The number of hydrogen-bond donors (Lipinski definition) is 5. The molecule has 57 heavy (non-hydrogen) atoms. The highest BCUT2D eigenvalue weighted by molar-refractivity contribution is 6.19. The van der Waals surface area contributed by atoms with Crippen LogP contribution in [0, 0.1) is 0 Å². The summed E-state index contributed by atoms with van der Waals surface area (Å²) in [5.74, 6) is -0.969. The summed E-state index contributed by atoms with van der Waals surface area (Å²) in [5.41, 5.74) is 3.01. The van der Waals surface area contributed by atoms with Gasteiger partial charge in [-0.05, 0) is 42.3 Å². The van der Waals surface area contributed by atoms with E-state index in [4.69, 9.17) is 35.3 Å². The molecule has 0 saturated carbocycles. The minimum Gasteiger partial charge on any atom is -0.496 e. The van der Waals surface area contributed by atoms with Crippen LogP contribution in [0.3, 0.4) is 0 Å². The van der Waals surface area contributed by atoms with E-state index < -0.39 is 24.3 Å². The van der Waals surface area contributed by atoms with Gasteiger partial charge in [0.05, 0.1) is 44.2 Å². The number of alkyl halides is 1. The summed E-state index contributed by atoms with van der Waals surface area (Å²) >= 11 is 6.47. The largest absolute Gasteiger partial charge is 0.496 e. The quantitative estimate of drug-likeness (QED) is 0.0258. The second-order valence-corrected chi connectivity index (χ2v) is 13.9. The minimum atomic E-state index is -0.809. The molecule has 3 atom stereocenters. The molecule has 0 aliphatic carbocycles. The molecule has 0 fully saturated rings. The van der Waals surface area contributed by atoms with E-state index in [0.717, 1.165) is 10.9 Å². The minimum absolute atomic E-state index is 0.00438. The predicted octanol–water partition coefficient (Wildman–Crippen LogP) is 4.57. The van der Waals surface area contributed by atoms with E-state index in [1.807, 2.05) is 31.2 Å². The second-order valence-electron chi connectivity index (χ2n) is 13.6. The highest BCUT2D eigenvalue weighted by Gasteiger charge is 2.36. The van der Waals surface area contributed by atoms with Crippen LogP contribution in [0.15, 0.2) is 42.5 Å². The average molecular weight is 812 g/mol. The highest BCUT2D eigenvalue weighted by atomic mass is 35.5. The molecule has 2 heterocycles. The van der Waals surface area contributed by atoms with Crippen molar-refractivity contribution in [2.75, 3.05) is 51.3 Å². The summed E-state index contributed by atoms with van der Waals surface area (Å²) in [6.07, 6.45) is 0.00661. The van der Waals surface area contributed by atoms with Gasteiger partial charge in [0.15, 0.2) is 6.29 Å². The Kier molecular flexibility index (Phi) is 15.7. The Balaban J connectivity index is 1.19. The van der Waals surface area contributed by atoms with Crippen LogP contribution < -0.4 is 19.7 Å². The lowest BCUT2D eigenvalue weighted by atomic mass is 9.95. The molecule has 0 bridgehead atoms. The van der Waals surface area contributed by atoms with Crippen LogP contribution in [0.4, 0.5) is 5.69 Å². The fraction of sp³-hybridized carbons (Fsp3) is 0.463. The molecule has 5 rings (SSSR count). The Morgan fingerprint density at radius 2 is 1.68 bits per heavy atom. The Bertz CT molecular complexity index is 2050. The number of nitrogens with one attached hydrogen (secondary N) is 2. The summed E-state index contributed by atoms with van der Waals surface area (Å²) in [7, 11) is 2.88. The molecule has 5 N–H and O–H groups in total. The number of aliphatic hydroxyl groups excluding tert-OH is 3. The number of anilines is 1. The van der Waals surface area contributed by atoms with Gasteiger partial charge in [-0.1, -0.05) is 31.2 Å². The fourth-order valence-electron chi connectivity index (χ4n) is 6.96. The average Bonchev–Trinajstić information content (AvgIpc) is 3.83. The molecule has 1 aliphatic rings. The van der Waals surface area contributed by atoms with Crippen molar-refractivity contribution in [3.05, 3.63) is 64.8 Å². The number of aromatic amines is 1. The molecule has 4 aromatic rings. The first-order valence-electron chi connectivity index (χ1n) is 18.9. The van der Waals surface area contributed by atoms with Crippen molar-refractivity contribution >= 4 is 62.7 Å². The topological polar surface area (TPSA) is 206 Å². The number of carbonyl (C=O) groups excluding carboxylic acids is 4. The smallest absolute Gasteiger partial charge is 0.311 e. The van der Waals surface area contributed by atoms with E-state index >= 15 is 0 Å². The predicted molar refractivity (Wildman–Crippen MR) is 212 cm³/mol. The van der Waals surface area contributed by atoms with Crippen molar-refractivity contribution in [3.63, 3.8) is 0 Å². The molecular weight excluding hydrogens is 762 g/mol. The standard InChI is InChI=1S/C41H50ClN3O12/c1-4-26(20-46)56-38(54-3)23-55-36(50)12-7-11-35(49)43-14-8-13-37(51)57-34-17-32-39(28-10-6-5-9-27(28)34)25(18-42)19-45(32)41(52)31-15-24-16-33(53-2)29(21-47)30(22-48)40(24)44-31/h5-6,9-10,15-17,25-26,38,44,46-48H,4,7-8,11-14,18-23H2,1-3H3,(H,43,49)/t25-,26?,38?/m1/s1. The summed E-state index contributed by atoms with van der Waals surface area (Å²) < 4.78 is 27.1. The number of fused-ring (bicyclic) bond motifs is 4. The zero-order chi connectivity index (χ0) is 41.1. The lowest BCUT2D eigenvalue weighted by Gasteiger charge is -2.21. The Morgan fingerprint density at radius 1 is 0.947 bits per heavy atom. The number of aromatic nitrogens is 1. The van der Waals surface area contributed by atoms with E-state index in [9.17, 15) is 34.5 Å². The van der Waals surface area contributed by atoms with Crippen molar-refractivity contribution in [1.29, 1.82) is 0 Å². The van der Waals surface area contributed by atoms with Gasteiger partial charge in [-0.15, -0.1) is 11.6 Å². The van der Waals surface area contributed by atoms with Crippen LogP contribution in [0.5, 0.6) is 11.5 Å². The molecule has 2 unspecified atom stereocenters. The fourth-order valence-corrected chi connectivity index (χ4v) is 7.22. The number of benzene rings is 3. The number of aliphatic hydroxyl groups is 3. The zero-order valence-electron chi connectivity index (χ0n) is 32.3. The van der Waals surface area contributed by atoms with Gasteiger partial charge in [0, 0.05) is 79.2 Å². The Hall–Kier alpha value is -4.77. The van der Waals surface area contributed by atoms with Gasteiger partial charge in [0.2, 0.25) is 5.91 Å². The zero-order valence-corrected chi connectivity index (χ0v) is 33.1. The van der Waals surface area contributed by atoms with Crippen LogP contribution in [-0.2, 0) is 41.8 Å². The van der Waals surface area contributed by atoms with Crippen molar-refractivity contribution in [2.45, 2.75) is 77.0 Å².